The molecule has 2 aromatic rings. The zero-order chi connectivity index (χ0) is 14.8. The average molecular weight is 292 g/mol. The van der Waals surface area contributed by atoms with Crippen molar-refractivity contribution in [3.63, 3.8) is 0 Å². The molecule has 110 valence electrons. The van der Waals surface area contributed by atoms with Crippen LogP contribution in [0.3, 0.4) is 0 Å². The first-order valence-corrected chi connectivity index (χ1v) is 7.79. The zero-order valence-corrected chi connectivity index (χ0v) is 12.0. The number of carbonyl (C=O) groups excluding carboxylic acids is 1. The van der Waals surface area contributed by atoms with Crippen molar-refractivity contribution in [3.05, 3.63) is 70.8 Å². The summed E-state index contributed by atoms with van der Waals surface area (Å²) in [6, 6.07) is 16.1. The van der Waals surface area contributed by atoms with E-state index in [1.165, 1.54) is 5.56 Å². The summed E-state index contributed by atoms with van der Waals surface area (Å²) in [5.74, 6) is 0.525. The third-order valence-electron chi connectivity index (χ3n) is 5.69. The second kappa shape index (κ2) is 4.20. The molecule has 1 saturated carbocycles. The predicted molar refractivity (Wildman–Crippen MR) is 80.4 cm³/mol. The van der Waals surface area contributed by atoms with Crippen LogP contribution in [0.25, 0.3) is 0 Å². The number of rotatable bonds is 0. The molecule has 1 N–H and O–H groups in total. The highest BCUT2D eigenvalue weighted by atomic mass is 16.5. The molecule has 2 fully saturated rings. The van der Waals surface area contributed by atoms with E-state index in [2.05, 4.69) is 12.1 Å². The fraction of sp³-hybridized carbons (Fsp3) is 0.316. The average Bonchev–Trinajstić information content (AvgIpc) is 2.80. The molecule has 0 amide bonds. The Morgan fingerprint density at radius 1 is 0.818 bits per heavy atom. The SMILES string of the molecule is O=C1OCC2C1C1c3ccccc3C(O)c3ccccc3C21. The van der Waals surface area contributed by atoms with Gasteiger partial charge in [-0.3, -0.25) is 4.79 Å². The highest BCUT2D eigenvalue weighted by Crippen LogP contribution is 2.63. The number of fused-ring (bicyclic) bond motifs is 8. The Hall–Kier alpha value is -2.13. The van der Waals surface area contributed by atoms with Crippen molar-refractivity contribution < 1.29 is 14.6 Å². The van der Waals surface area contributed by atoms with Crippen LogP contribution in [0.15, 0.2) is 48.5 Å². The molecule has 0 radical (unpaired) electrons. The van der Waals surface area contributed by atoms with Gasteiger partial charge in [-0.2, -0.15) is 0 Å². The molecule has 5 unspecified atom stereocenters. The number of esters is 1. The lowest BCUT2D eigenvalue weighted by Crippen LogP contribution is -2.43. The summed E-state index contributed by atoms with van der Waals surface area (Å²) in [5, 5.41) is 10.9. The lowest BCUT2D eigenvalue weighted by molar-refractivity contribution is -0.143. The summed E-state index contributed by atoms with van der Waals surface area (Å²) in [4.78, 5) is 12.1. The maximum Gasteiger partial charge on any atom is 0.310 e. The molecule has 1 saturated heterocycles. The van der Waals surface area contributed by atoms with Crippen molar-refractivity contribution in [1.29, 1.82) is 0 Å². The smallest absolute Gasteiger partial charge is 0.310 e. The molecular weight excluding hydrogens is 276 g/mol. The van der Waals surface area contributed by atoms with Crippen LogP contribution < -0.4 is 0 Å². The summed E-state index contributed by atoms with van der Waals surface area (Å²) < 4.78 is 5.33. The van der Waals surface area contributed by atoms with Gasteiger partial charge in [0.05, 0.1) is 12.5 Å². The Balaban J connectivity index is 1.78. The molecule has 3 heteroatoms. The first-order chi connectivity index (χ1) is 10.8. The molecule has 1 heterocycles. The highest BCUT2D eigenvalue weighted by molar-refractivity contribution is 5.79. The van der Waals surface area contributed by atoms with E-state index >= 15 is 0 Å². The Labute approximate surface area is 128 Å². The number of carbonyl (C=O) groups is 1. The largest absolute Gasteiger partial charge is 0.465 e. The number of cyclic esters (lactones) is 1. The third kappa shape index (κ3) is 1.37. The first-order valence-electron chi connectivity index (χ1n) is 7.79. The van der Waals surface area contributed by atoms with Crippen LogP contribution in [0.5, 0.6) is 0 Å². The van der Waals surface area contributed by atoms with Crippen molar-refractivity contribution in [1.82, 2.24) is 0 Å². The van der Waals surface area contributed by atoms with E-state index in [9.17, 15) is 9.90 Å². The van der Waals surface area contributed by atoms with Gasteiger partial charge in [0.1, 0.15) is 6.10 Å². The monoisotopic (exact) mass is 292 g/mol. The van der Waals surface area contributed by atoms with Crippen LogP contribution in [-0.2, 0) is 9.53 Å². The van der Waals surface area contributed by atoms with Gasteiger partial charge in [-0.05, 0) is 28.2 Å². The predicted octanol–water partition coefficient (Wildman–Crippen LogP) is 2.75. The van der Waals surface area contributed by atoms with Crippen LogP contribution in [0.1, 0.15) is 40.2 Å². The van der Waals surface area contributed by atoms with Crippen LogP contribution in [-0.4, -0.2) is 17.7 Å². The van der Waals surface area contributed by atoms with Gasteiger partial charge in [-0.1, -0.05) is 48.5 Å². The van der Waals surface area contributed by atoms with Gasteiger partial charge in [-0.15, -0.1) is 0 Å². The molecule has 0 spiro atoms. The van der Waals surface area contributed by atoms with Crippen molar-refractivity contribution in [2.45, 2.75) is 17.9 Å². The second-order valence-corrected chi connectivity index (χ2v) is 6.53. The van der Waals surface area contributed by atoms with Gasteiger partial charge >= 0.3 is 5.97 Å². The van der Waals surface area contributed by atoms with Gasteiger partial charge in [0.2, 0.25) is 0 Å². The van der Waals surface area contributed by atoms with E-state index in [1.807, 2.05) is 36.4 Å². The van der Waals surface area contributed by atoms with Gasteiger partial charge in [0.15, 0.2) is 0 Å². The number of hydrogen-bond acceptors (Lipinski definition) is 3. The molecule has 3 nitrogen and oxygen atoms in total. The summed E-state index contributed by atoms with van der Waals surface area (Å²) in [5.41, 5.74) is 4.19. The highest BCUT2D eigenvalue weighted by Gasteiger charge is 2.61. The van der Waals surface area contributed by atoms with E-state index in [4.69, 9.17) is 4.74 Å². The molecule has 5 rings (SSSR count). The topological polar surface area (TPSA) is 46.5 Å². The third-order valence-corrected chi connectivity index (χ3v) is 5.69. The number of aliphatic hydroxyl groups excluding tert-OH is 1. The Bertz CT molecular complexity index is 782. The van der Waals surface area contributed by atoms with E-state index in [0.29, 0.717) is 6.61 Å². The van der Waals surface area contributed by atoms with Gasteiger partial charge < -0.3 is 9.84 Å². The van der Waals surface area contributed by atoms with Gasteiger partial charge in [0.25, 0.3) is 0 Å². The van der Waals surface area contributed by atoms with Crippen LogP contribution in [0.4, 0.5) is 0 Å². The normalized spacial score (nSPS) is 34.4. The van der Waals surface area contributed by atoms with Crippen molar-refractivity contribution >= 4 is 5.97 Å². The Morgan fingerprint density at radius 2 is 1.36 bits per heavy atom. The summed E-state index contributed by atoms with van der Waals surface area (Å²) >= 11 is 0. The summed E-state index contributed by atoms with van der Waals surface area (Å²) in [7, 11) is 0. The summed E-state index contributed by atoms with van der Waals surface area (Å²) in [6.07, 6.45) is -0.616. The first kappa shape index (κ1) is 12.4. The van der Waals surface area contributed by atoms with E-state index in [-0.39, 0.29) is 29.6 Å². The molecule has 22 heavy (non-hydrogen) atoms. The van der Waals surface area contributed by atoms with Gasteiger partial charge in [-0.25, -0.2) is 0 Å². The van der Waals surface area contributed by atoms with Crippen molar-refractivity contribution in [2.75, 3.05) is 6.61 Å². The molecule has 3 aliphatic rings. The second-order valence-electron chi connectivity index (χ2n) is 6.53. The van der Waals surface area contributed by atoms with E-state index < -0.39 is 6.10 Å². The minimum absolute atomic E-state index is 0.0514. The fourth-order valence-electron chi connectivity index (χ4n) is 4.74. The quantitative estimate of drug-likeness (QED) is 0.759. The minimum Gasteiger partial charge on any atom is -0.465 e. The standard InChI is InChI=1S/C19H16O3/c20-18-12-7-3-1-5-10(12)15-14-9-22-19(21)17(14)16(15)11-6-2-4-8-13(11)18/h1-8,14-18,20H,9H2. The number of hydrogen-bond donors (Lipinski definition) is 1. The Kier molecular flexibility index (Phi) is 2.37. The van der Waals surface area contributed by atoms with Crippen LogP contribution in [0, 0.1) is 11.8 Å². The molecule has 2 aromatic carbocycles. The number of ether oxygens (including phenoxy) is 1. The fourth-order valence-corrected chi connectivity index (χ4v) is 4.74. The summed E-state index contributed by atoms with van der Waals surface area (Å²) in [6.45, 7) is 0.511. The zero-order valence-electron chi connectivity index (χ0n) is 12.0. The van der Waals surface area contributed by atoms with Crippen molar-refractivity contribution in [2.24, 2.45) is 11.8 Å². The molecule has 2 aliphatic carbocycles. The minimum atomic E-state index is -0.616. The Morgan fingerprint density at radius 3 is 2.00 bits per heavy atom. The lowest BCUT2D eigenvalue weighted by Gasteiger charge is -2.46. The van der Waals surface area contributed by atoms with Crippen LogP contribution >= 0.6 is 0 Å². The molecule has 1 aliphatic heterocycles. The lowest BCUT2D eigenvalue weighted by atomic mass is 9.54. The van der Waals surface area contributed by atoms with Crippen LogP contribution in [0.2, 0.25) is 0 Å². The molecule has 0 aromatic heterocycles. The molecule has 0 bridgehead atoms. The maximum atomic E-state index is 12.1. The number of benzene rings is 2. The van der Waals surface area contributed by atoms with Crippen molar-refractivity contribution in [3.8, 4) is 0 Å². The molecular formula is C19H16O3. The van der Waals surface area contributed by atoms with Gasteiger partial charge in [0, 0.05) is 11.8 Å². The number of aliphatic hydroxyl groups is 1. The van der Waals surface area contributed by atoms with E-state index in [0.717, 1.165) is 16.7 Å². The maximum absolute atomic E-state index is 12.1. The van der Waals surface area contributed by atoms with E-state index in [1.54, 1.807) is 0 Å². The molecule has 5 atom stereocenters.